The van der Waals surface area contributed by atoms with Crippen molar-refractivity contribution in [1.29, 1.82) is 5.41 Å². The largest absolute Gasteiger partial charge is 0.507 e. The summed E-state index contributed by atoms with van der Waals surface area (Å²) in [4.78, 5) is 0. The number of aliphatic hydroxyl groups is 1. The van der Waals surface area contributed by atoms with Crippen LogP contribution in [0, 0.1) is 5.41 Å². The zero-order valence-corrected chi connectivity index (χ0v) is 9.42. The van der Waals surface area contributed by atoms with E-state index in [1.807, 2.05) is 6.92 Å². The van der Waals surface area contributed by atoms with Crippen molar-refractivity contribution in [2.45, 2.75) is 18.6 Å². The van der Waals surface area contributed by atoms with Crippen molar-refractivity contribution in [2.75, 3.05) is 6.61 Å². The molecule has 0 saturated heterocycles. The first kappa shape index (κ1) is 12.1. The Morgan fingerprint density at radius 2 is 2.13 bits per heavy atom. The first-order valence-corrected chi connectivity index (χ1v) is 5.67. The van der Waals surface area contributed by atoms with E-state index >= 15 is 0 Å². The summed E-state index contributed by atoms with van der Waals surface area (Å²) in [6.45, 7) is 2.08. The van der Waals surface area contributed by atoms with Gasteiger partial charge in [-0.1, -0.05) is 19.1 Å². The van der Waals surface area contributed by atoms with Crippen molar-refractivity contribution in [2.24, 2.45) is 0 Å². The Morgan fingerprint density at radius 1 is 1.47 bits per heavy atom. The minimum absolute atomic E-state index is 0.127. The van der Waals surface area contributed by atoms with Crippen molar-refractivity contribution < 1.29 is 10.2 Å². The number of aromatic hydroxyl groups is 1. The monoisotopic (exact) mass is 225 g/mol. The van der Waals surface area contributed by atoms with Crippen molar-refractivity contribution in [1.82, 2.24) is 0 Å². The molecule has 0 heterocycles. The molecular formula is C11H15NO2S. The Balaban J connectivity index is 2.65. The topological polar surface area (TPSA) is 64.3 Å². The highest BCUT2D eigenvalue weighted by atomic mass is 32.2. The van der Waals surface area contributed by atoms with Crippen LogP contribution in [0.5, 0.6) is 5.75 Å². The fourth-order valence-electron chi connectivity index (χ4n) is 1.17. The van der Waals surface area contributed by atoms with Gasteiger partial charge in [0.1, 0.15) is 5.75 Å². The summed E-state index contributed by atoms with van der Waals surface area (Å²) in [5.41, 5.74) is 0.548. The van der Waals surface area contributed by atoms with Crippen LogP contribution < -0.4 is 0 Å². The van der Waals surface area contributed by atoms with E-state index in [1.165, 1.54) is 11.8 Å². The molecule has 0 aliphatic rings. The average molecular weight is 225 g/mol. The predicted molar refractivity (Wildman–Crippen MR) is 63.7 cm³/mol. The highest BCUT2D eigenvalue weighted by Gasteiger charge is 2.11. The van der Waals surface area contributed by atoms with Crippen molar-refractivity contribution in [3.05, 3.63) is 29.8 Å². The summed E-state index contributed by atoms with van der Waals surface area (Å²) in [5.74, 6) is 0.131. The third-order valence-electron chi connectivity index (χ3n) is 2.00. The van der Waals surface area contributed by atoms with Crippen molar-refractivity contribution in [3.63, 3.8) is 0 Å². The average Bonchev–Trinajstić information content (AvgIpc) is 2.18. The van der Waals surface area contributed by atoms with Gasteiger partial charge in [0.15, 0.2) is 0 Å². The Hall–Kier alpha value is -1.00. The maximum absolute atomic E-state index is 9.52. The summed E-state index contributed by atoms with van der Waals surface area (Å²) in [6, 6.07) is 6.81. The molecule has 0 amide bonds. The molecule has 1 aromatic carbocycles. The molecule has 1 unspecified atom stereocenters. The zero-order chi connectivity index (χ0) is 11.3. The van der Waals surface area contributed by atoms with E-state index in [-0.39, 0.29) is 17.6 Å². The lowest BCUT2D eigenvalue weighted by atomic mass is 10.2. The van der Waals surface area contributed by atoms with Gasteiger partial charge < -0.3 is 10.2 Å². The fourth-order valence-corrected chi connectivity index (χ4v) is 2.10. The highest BCUT2D eigenvalue weighted by Crippen LogP contribution is 2.25. The molecule has 0 aliphatic carbocycles. The first-order valence-electron chi connectivity index (χ1n) is 4.79. The molecule has 82 valence electrons. The molecule has 3 N–H and O–H groups in total. The highest BCUT2D eigenvalue weighted by molar-refractivity contribution is 8.14. The van der Waals surface area contributed by atoms with E-state index < -0.39 is 0 Å². The summed E-state index contributed by atoms with van der Waals surface area (Å²) in [7, 11) is 0. The van der Waals surface area contributed by atoms with Crippen molar-refractivity contribution >= 4 is 16.8 Å². The SMILES string of the molecule is CC(CCO)SC(=N)c1ccccc1O. The Kier molecular flexibility index (Phi) is 4.65. The van der Waals surface area contributed by atoms with Crippen LogP contribution in [0.3, 0.4) is 0 Å². The molecule has 0 fully saturated rings. The normalized spacial score (nSPS) is 12.4. The van der Waals surface area contributed by atoms with Gasteiger partial charge in [0.25, 0.3) is 0 Å². The molecule has 4 heteroatoms. The number of nitrogens with one attached hydrogen (secondary N) is 1. The van der Waals surface area contributed by atoms with E-state index in [0.717, 1.165) is 0 Å². The molecule has 0 radical (unpaired) electrons. The number of hydrogen-bond acceptors (Lipinski definition) is 4. The first-order chi connectivity index (χ1) is 7.15. The number of rotatable bonds is 4. The van der Waals surface area contributed by atoms with Gasteiger partial charge in [-0.3, -0.25) is 5.41 Å². The van der Waals surface area contributed by atoms with Gasteiger partial charge >= 0.3 is 0 Å². The summed E-state index contributed by atoms with van der Waals surface area (Å²) < 4.78 is 0. The van der Waals surface area contributed by atoms with E-state index in [1.54, 1.807) is 24.3 Å². The van der Waals surface area contributed by atoms with Gasteiger partial charge in [-0.15, -0.1) is 11.8 Å². The minimum atomic E-state index is 0.127. The zero-order valence-electron chi connectivity index (χ0n) is 8.60. The molecule has 0 saturated carbocycles. The van der Waals surface area contributed by atoms with E-state index in [4.69, 9.17) is 10.5 Å². The molecule has 3 nitrogen and oxygen atoms in total. The number of phenolic OH excluding ortho intramolecular Hbond substituents is 1. The van der Waals surface area contributed by atoms with Crippen LogP contribution in [0.2, 0.25) is 0 Å². The van der Waals surface area contributed by atoms with Crippen LogP contribution >= 0.6 is 11.8 Å². The molecule has 0 bridgehead atoms. The molecule has 0 aromatic heterocycles. The standard InChI is InChI=1S/C11H15NO2S/c1-8(6-7-13)15-11(12)9-4-2-3-5-10(9)14/h2-5,8,12-14H,6-7H2,1H3. The lowest BCUT2D eigenvalue weighted by Crippen LogP contribution is -2.05. The van der Waals surface area contributed by atoms with Crippen LogP contribution in [0.25, 0.3) is 0 Å². The maximum atomic E-state index is 9.52. The number of hydrogen-bond donors (Lipinski definition) is 3. The molecule has 1 aromatic rings. The maximum Gasteiger partial charge on any atom is 0.125 e. The lowest BCUT2D eigenvalue weighted by Gasteiger charge is -2.11. The van der Waals surface area contributed by atoms with Gasteiger partial charge in [0, 0.05) is 17.4 Å². The summed E-state index contributed by atoms with van der Waals surface area (Å²) >= 11 is 1.35. The van der Waals surface area contributed by atoms with Gasteiger partial charge in [0.05, 0.1) is 5.04 Å². The molecular weight excluding hydrogens is 210 g/mol. The van der Waals surface area contributed by atoms with Crippen LogP contribution in [0.4, 0.5) is 0 Å². The van der Waals surface area contributed by atoms with E-state index in [0.29, 0.717) is 17.0 Å². The van der Waals surface area contributed by atoms with Crippen molar-refractivity contribution in [3.8, 4) is 5.75 Å². The second-order valence-electron chi connectivity index (χ2n) is 3.29. The van der Waals surface area contributed by atoms with Crippen LogP contribution in [0.15, 0.2) is 24.3 Å². The number of aliphatic hydroxyl groups excluding tert-OH is 1. The summed E-state index contributed by atoms with van der Waals surface area (Å²) in [6.07, 6.45) is 0.653. The quantitative estimate of drug-likeness (QED) is 0.544. The minimum Gasteiger partial charge on any atom is -0.507 e. The molecule has 15 heavy (non-hydrogen) atoms. The Labute approximate surface area is 93.7 Å². The van der Waals surface area contributed by atoms with Gasteiger partial charge in [0.2, 0.25) is 0 Å². The number of thioether (sulfide) groups is 1. The Morgan fingerprint density at radius 3 is 2.73 bits per heavy atom. The number of phenols is 1. The van der Waals surface area contributed by atoms with E-state index in [2.05, 4.69) is 0 Å². The van der Waals surface area contributed by atoms with E-state index in [9.17, 15) is 5.11 Å². The van der Waals surface area contributed by atoms with Gasteiger partial charge in [-0.25, -0.2) is 0 Å². The smallest absolute Gasteiger partial charge is 0.125 e. The second kappa shape index (κ2) is 5.78. The fraction of sp³-hybridized carbons (Fsp3) is 0.364. The number of para-hydroxylation sites is 1. The third-order valence-corrected chi connectivity index (χ3v) is 3.10. The van der Waals surface area contributed by atoms with Gasteiger partial charge in [-0.2, -0.15) is 0 Å². The van der Waals surface area contributed by atoms with Crippen LogP contribution in [0.1, 0.15) is 18.9 Å². The van der Waals surface area contributed by atoms with Crippen LogP contribution in [-0.2, 0) is 0 Å². The Bertz CT molecular complexity index is 341. The number of benzene rings is 1. The summed E-state index contributed by atoms with van der Waals surface area (Å²) in [5, 5.41) is 26.6. The van der Waals surface area contributed by atoms with Crippen LogP contribution in [-0.4, -0.2) is 27.1 Å². The molecule has 1 rings (SSSR count). The van der Waals surface area contributed by atoms with Gasteiger partial charge in [-0.05, 0) is 18.6 Å². The molecule has 1 atom stereocenters. The molecule has 0 aliphatic heterocycles. The predicted octanol–water partition coefficient (Wildman–Crippen LogP) is 2.22. The lowest BCUT2D eigenvalue weighted by molar-refractivity contribution is 0.289. The second-order valence-corrected chi connectivity index (χ2v) is 4.74. The molecule has 0 spiro atoms. The third kappa shape index (κ3) is 3.57.